The van der Waals surface area contributed by atoms with Gasteiger partial charge >= 0.3 is 0 Å². The minimum Gasteiger partial charge on any atom is -0.473 e. The van der Waals surface area contributed by atoms with Gasteiger partial charge in [-0.1, -0.05) is 0 Å². The fourth-order valence-electron chi connectivity index (χ4n) is 0.689. The minimum atomic E-state index is -0.622. The predicted octanol–water partition coefficient (Wildman–Crippen LogP) is -0.763. The monoisotopic (exact) mass is 142 g/mol. The van der Waals surface area contributed by atoms with E-state index in [2.05, 4.69) is 5.43 Å². The van der Waals surface area contributed by atoms with Crippen LogP contribution in [0.3, 0.4) is 0 Å². The summed E-state index contributed by atoms with van der Waals surface area (Å²) in [4.78, 5) is 0. The summed E-state index contributed by atoms with van der Waals surface area (Å²) in [5, 5.41) is 9.19. The number of nitrogens with two attached hydrogens (primary N) is 1. The van der Waals surface area contributed by atoms with E-state index < -0.39 is 6.10 Å². The van der Waals surface area contributed by atoms with Crippen molar-refractivity contribution in [2.75, 3.05) is 0 Å². The number of hydrogen-bond acceptors (Lipinski definition) is 4. The molecule has 0 saturated carbocycles. The lowest BCUT2D eigenvalue weighted by atomic mass is 10.2. The van der Waals surface area contributed by atoms with Crippen LogP contribution in [0.5, 0.6) is 0 Å². The molecule has 0 radical (unpaired) electrons. The van der Waals surface area contributed by atoms with E-state index in [1.54, 1.807) is 6.08 Å². The Morgan fingerprint density at radius 2 is 2.10 bits per heavy atom. The van der Waals surface area contributed by atoms with Gasteiger partial charge in [0.15, 0.2) is 0 Å². The van der Waals surface area contributed by atoms with Crippen LogP contribution in [0.1, 0.15) is 0 Å². The second kappa shape index (κ2) is 3.36. The summed E-state index contributed by atoms with van der Waals surface area (Å²) in [6, 6.07) is -0.265. The molecule has 0 unspecified atom stereocenters. The third-order valence-corrected chi connectivity index (χ3v) is 1.28. The van der Waals surface area contributed by atoms with E-state index in [0.29, 0.717) is 0 Å². The van der Waals surface area contributed by atoms with Gasteiger partial charge in [0.05, 0.1) is 24.7 Å². The lowest BCUT2D eigenvalue weighted by molar-refractivity contribution is 0.192. The van der Waals surface area contributed by atoms with Crippen molar-refractivity contribution in [3.63, 3.8) is 0 Å². The summed E-state index contributed by atoms with van der Waals surface area (Å²) in [6.45, 7) is 0. The average molecular weight is 142 g/mol. The molecule has 0 saturated heterocycles. The molecule has 1 aliphatic heterocycles. The molecule has 1 heterocycles. The van der Waals surface area contributed by atoms with E-state index in [-0.39, 0.29) is 6.04 Å². The third-order valence-electron chi connectivity index (χ3n) is 1.28. The summed E-state index contributed by atoms with van der Waals surface area (Å²) >= 11 is 0. The van der Waals surface area contributed by atoms with Crippen LogP contribution in [0.15, 0.2) is 24.7 Å². The molecule has 0 aromatic heterocycles. The van der Waals surface area contributed by atoms with E-state index in [0.717, 1.165) is 0 Å². The largest absolute Gasteiger partial charge is 0.473 e. The van der Waals surface area contributed by atoms with Gasteiger partial charge in [0.2, 0.25) is 0 Å². The van der Waals surface area contributed by atoms with Gasteiger partial charge in [0.25, 0.3) is 0 Å². The average Bonchev–Trinajstić information content (AvgIpc) is 2.13. The van der Waals surface area contributed by atoms with Crippen molar-refractivity contribution in [2.24, 2.45) is 5.84 Å². The molecule has 10 heavy (non-hydrogen) atoms. The first kappa shape index (κ1) is 7.27. The fraction of sp³-hybridized carbons (Fsp3) is 0.333. The van der Waals surface area contributed by atoms with Crippen LogP contribution < -0.4 is 11.3 Å². The normalized spacial score (nSPS) is 31.4. The molecule has 0 aromatic rings. The Morgan fingerprint density at radius 1 is 1.40 bits per heavy atom. The van der Waals surface area contributed by atoms with Crippen molar-refractivity contribution >= 4 is 0 Å². The predicted molar refractivity (Wildman–Crippen MR) is 36.5 cm³/mol. The first-order chi connectivity index (χ1) is 4.84. The van der Waals surface area contributed by atoms with Gasteiger partial charge in [-0.05, 0) is 12.2 Å². The number of aliphatic hydroxyl groups is 1. The molecule has 4 nitrogen and oxygen atoms in total. The van der Waals surface area contributed by atoms with Gasteiger partial charge in [-0.25, -0.2) is 0 Å². The van der Waals surface area contributed by atoms with Crippen molar-refractivity contribution in [2.45, 2.75) is 12.1 Å². The highest BCUT2D eigenvalue weighted by atomic mass is 16.5. The Balaban J connectivity index is 2.60. The Labute approximate surface area is 58.9 Å². The number of ether oxygens (including phenoxy) is 1. The van der Waals surface area contributed by atoms with Crippen LogP contribution in [0.25, 0.3) is 0 Å². The van der Waals surface area contributed by atoms with Crippen LogP contribution in [0.4, 0.5) is 0 Å². The maximum Gasteiger partial charge on any atom is 0.0956 e. The Bertz CT molecular complexity index is 156. The summed E-state index contributed by atoms with van der Waals surface area (Å²) in [5.41, 5.74) is 2.43. The highest BCUT2D eigenvalue weighted by Crippen LogP contribution is 2.01. The minimum absolute atomic E-state index is 0.265. The number of nitrogens with one attached hydrogen (secondary N) is 1. The van der Waals surface area contributed by atoms with Gasteiger partial charge in [-0.2, -0.15) is 0 Å². The molecular formula is C6H10N2O2. The molecule has 0 amide bonds. The maximum absolute atomic E-state index is 9.19. The second-order valence-corrected chi connectivity index (χ2v) is 1.98. The van der Waals surface area contributed by atoms with Gasteiger partial charge < -0.3 is 9.84 Å². The van der Waals surface area contributed by atoms with Gasteiger partial charge in [0.1, 0.15) is 0 Å². The molecule has 1 aliphatic rings. The van der Waals surface area contributed by atoms with Crippen LogP contribution in [0.2, 0.25) is 0 Å². The zero-order chi connectivity index (χ0) is 7.40. The highest BCUT2D eigenvalue weighted by molar-refractivity contribution is 5.04. The lowest BCUT2D eigenvalue weighted by Gasteiger charge is -2.12. The van der Waals surface area contributed by atoms with Gasteiger partial charge in [0, 0.05) is 0 Å². The summed E-state index contributed by atoms with van der Waals surface area (Å²) in [7, 11) is 0. The van der Waals surface area contributed by atoms with E-state index in [1.807, 2.05) is 0 Å². The van der Waals surface area contributed by atoms with Crippen molar-refractivity contribution in [1.82, 2.24) is 5.43 Å². The summed E-state index contributed by atoms with van der Waals surface area (Å²) in [6.07, 6.45) is 5.43. The van der Waals surface area contributed by atoms with E-state index >= 15 is 0 Å². The standard InChI is InChI=1S/C6H10N2O2/c7-8-5-1-3-10-4-2-6(5)9/h1-6,8-9H,7H2/t5-,6-/m1/s1. The van der Waals surface area contributed by atoms with Gasteiger partial charge in [-0.15, -0.1) is 0 Å². The van der Waals surface area contributed by atoms with E-state index in [9.17, 15) is 5.11 Å². The van der Waals surface area contributed by atoms with E-state index in [1.165, 1.54) is 18.6 Å². The molecule has 4 heteroatoms. The molecule has 0 aliphatic carbocycles. The van der Waals surface area contributed by atoms with Crippen LogP contribution >= 0.6 is 0 Å². The lowest BCUT2D eigenvalue weighted by Crippen LogP contribution is -2.41. The van der Waals surface area contributed by atoms with Gasteiger partial charge in [-0.3, -0.25) is 11.3 Å². The number of aliphatic hydroxyl groups excluding tert-OH is 1. The topological polar surface area (TPSA) is 67.5 Å². The molecule has 0 spiro atoms. The quantitative estimate of drug-likeness (QED) is 0.332. The fourth-order valence-corrected chi connectivity index (χ4v) is 0.689. The molecule has 1 rings (SSSR count). The van der Waals surface area contributed by atoms with Crippen LogP contribution in [-0.2, 0) is 4.74 Å². The maximum atomic E-state index is 9.19. The molecule has 2 atom stereocenters. The van der Waals surface area contributed by atoms with Crippen LogP contribution in [-0.4, -0.2) is 17.3 Å². The third kappa shape index (κ3) is 1.57. The van der Waals surface area contributed by atoms with Crippen molar-refractivity contribution < 1.29 is 9.84 Å². The smallest absolute Gasteiger partial charge is 0.0956 e. The first-order valence-electron chi connectivity index (χ1n) is 2.97. The zero-order valence-corrected chi connectivity index (χ0v) is 5.40. The molecule has 0 bridgehead atoms. The van der Waals surface area contributed by atoms with Crippen molar-refractivity contribution in [1.29, 1.82) is 0 Å². The first-order valence-corrected chi connectivity index (χ1v) is 2.97. The molecular weight excluding hydrogens is 132 g/mol. The van der Waals surface area contributed by atoms with Crippen LogP contribution in [0, 0.1) is 0 Å². The Hall–Kier alpha value is -0.840. The summed E-state index contributed by atoms with van der Waals surface area (Å²) < 4.78 is 4.78. The second-order valence-electron chi connectivity index (χ2n) is 1.98. The molecule has 56 valence electrons. The zero-order valence-electron chi connectivity index (χ0n) is 5.40. The number of hydrogen-bond donors (Lipinski definition) is 3. The van der Waals surface area contributed by atoms with Crippen molar-refractivity contribution in [3.8, 4) is 0 Å². The van der Waals surface area contributed by atoms with Crippen molar-refractivity contribution in [3.05, 3.63) is 24.7 Å². The Kier molecular flexibility index (Phi) is 2.44. The molecule has 0 fully saturated rings. The SMILES string of the molecule is NN[C@@H]1C=COC=C[C@H]1O. The molecule has 4 N–H and O–H groups in total. The molecule has 0 aromatic carbocycles. The van der Waals surface area contributed by atoms with E-state index in [4.69, 9.17) is 10.6 Å². The Morgan fingerprint density at radius 3 is 2.80 bits per heavy atom. The highest BCUT2D eigenvalue weighted by Gasteiger charge is 2.12. The number of rotatable bonds is 1. The summed E-state index contributed by atoms with van der Waals surface area (Å²) in [5.74, 6) is 5.11. The number of hydrazine groups is 1.